The molecule has 1 saturated carbocycles. The van der Waals surface area contributed by atoms with Gasteiger partial charge in [-0.25, -0.2) is 0 Å². The zero-order chi connectivity index (χ0) is 9.40. The van der Waals surface area contributed by atoms with Gasteiger partial charge in [0.25, 0.3) is 0 Å². The molecule has 2 heteroatoms. The van der Waals surface area contributed by atoms with Crippen LogP contribution in [0, 0.1) is 18.8 Å². The summed E-state index contributed by atoms with van der Waals surface area (Å²) in [5, 5.41) is 0. The van der Waals surface area contributed by atoms with Crippen LogP contribution in [0.1, 0.15) is 45.4 Å². The topological polar surface area (TPSA) is 0 Å². The third-order valence-electron chi connectivity index (χ3n) is 2.74. The van der Waals surface area contributed by atoms with Gasteiger partial charge in [0, 0.05) is 0 Å². The third-order valence-corrected chi connectivity index (χ3v) is 2.74. The van der Waals surface area contributed by atoms with E-state index in [0.29, 0.717) is 0 Å². The van der Waals surface area contributed by atoms with E-state index < -0.39 is 0 Å². The summed E-state index contributed by atoms with van der Waals surface area (Å²) in [6, 6.07) is 0. The van der Waals surface area contributed by atoms with Crippen molar-refractivity contribution in [2.45, 2.75) is 45.4 Å². The van der Waals surface area contributed by atoms with Gasteiger partial charge in [-0.2, -0.15) is 5.92 Å². The Bertz CT molecular complexity index is 95.8. The fourth-order valence-corrected chi connectivity index (χ4v) is 1.96. The Labute approximate surface area is 98.1 Å². The van der Waals surface area contributed by atoms with E-state index in [1.807, 2.05) is 0 Å². The Morgan fingerprint density at radius 2 is 2.08 bits per heavy atom. The van der Waals surface area contributed by atoms with Crippen LogP contribution in [-0.4, -0.2) is 0 Å². The molecule has 0 amide bonds. The van der Waals surface area contributed by atoms with E-state index in [0.717, 1.165) is 11.8 Å². The molecule has 1 aliphatic rings. The monoisotopic (exact) mass is 330 g/mol. The minimum atomic E-state index is 0.784. The van der Waals surface area contributed by atoms with Gasteiger partial charge in [-0.15, -0.1) is 0 Å². The molecule has 0 bridgehead atoms. The van der Waals surface area contributed by atoms with E-state index in [1.54, 1.807) is 0 Å². The van der Waals surface area contributed by atoms with Crippen LogP contribution in [0.5, 0.6) is 0 Å². The van der Waals surface area contributed by atoms with Crippen molar-refractivity contribution in [3.05, 3.63) is 6.92 Å². The summed E-state index contributed by atoms with van der Waals surface area (Å²) in [6.07, 6.45) is 8.47. The number of hydrogen-bond acceptors (Lipinski definition) is 0. The van der Waals surface area contributed by atoms with Crippen molar-refractivity contribution >= 4 is 19.8 Å². The van der Waals surface area contributed by atoms with Gasteiger partial charge >= 0.3 is 34.5 Å². The average molecular weight is 332 g/mol. The number of hydrogen-bond donors (Lipinski definition) is 0. The van der Waals surface area contributed by atoms with E-state index in [9.17, 15) is 0 Å². The molecule has 68 valence electrons. The number of halogens is 1. The van der Waals surface area contributed by atoms with Gasteiger partial charge in [0.1, 0.15) is 0 Å². The van der Waals surface area contributed by atoms with E-state index in [4.69, 9.17) is 0 Å². The summed E-state index contributed by atoms with van der Waals surface area (Å²) in [7, 11) is 0. The van der Waals surface area contributed by atoms with Crippen LogP contribution in [0.2, 0.25) is 0 Å². The van der Waals surface area contributed by atoms with Crippen molar-refractivity contribution in [1.82, 2.24) is 0 Å². The van der Waals surface area contributed by atoms with Crippen molar-refractivity contribution in [3.63, 3.8) is 0 Å². The summed E-state index contributed by atoms with van der Waals surface area (Å²) < 4.78 is 0. The fraction of sp³-hybridized carbons (Fsp3) is 0.900. The second kappa shape index (κ2) is 8.93. The number of rotatable bonds is 3. The van der Waals surface area contributed by atoms with Crippen LogP contribution in [0.4, 0.5) is 0 Å². The van der Waals surface area contributed by atoms with Gasteiger partial charge in [0.15, 0.2) is 0 Å². The molecular weight excluding hydrogens is 312 g/mol. The Kier molecular flexibility index (Phi) is 9.94. The zero-order valence-corrected chi connectivity index (χ0v) is 13.3. The van der Waals surface area contributed by atoms with E-state index >= 15 is 0 Å². The Morgan fingerprint density at radius 3 is 2.50 bits per heavy atom. The molecule has 2 unspecified atom stereocenters. The maximum atomic E-state index is 4.17. The zero-order valence-electron chi connectivity index (χ0n) is 8.19. The summed E-state index contributed by atoms with van der Waals surface area (Å²) in [4.78, 5) is 0. The van der Waals surface area contributed by atoms with Crippen LogP contribution in [0.3, 0.4) is 0 Å². The van der Waals surface area contributed by atoms with Gasteiger partial charge in [0.2, 0.25) is 0 Å². The number of unbranched alkanes of at least 4 members (excludes halogenated alkanes) is 1. The molecule has 0 aromatic carbocycles. The molecule has 0 aromatic rings. The van der Waals surface area contributed by atoms with Gasteiger partial charge in [-0.3, -0.25) is 0 Å². The molecule has 0 aromatic heterocycles. The predicted octanol–water partition coefficient (Wildman–Crippen LogP) is 4.31. The van der Waals surface area contributed by atoms with Crippen LogP contribution in [-0.2, 0) is 14.8 Å². The molecule has 0 spiro atoms. The molecule has 0 nitrogen and oxygen atoms in total. The van der Waals surface area contributed by atoms with Gasteiger partial charge < -0.3 is 6.92 Å². The molecule has 1 aliphatic carbocycles. The molecule has 0 N–H and O–H groups in total. The van der Waals surface area contributed by atoms with Crippen LogP contribution in [0.15, 0.2) is 0 Å². The molecule has 1 fully saturated rings. The second-order valence-corrected chi connectivity index (χ2v) is 3.59. The minimum absolute atomic E-state index is 0.784. The molecule has 2 atom stereocenters. The molecule has 0 radical (unpaired) electrons. The maximum absolute atomic E-state index is 4.17. The standard InChI is InChI=1S/C10H19.HI.Zn/c1-3-4-7-10-8-5-6-9(10)2;;/h9-10H,2-8H2,1H3;1H;/q-1;;+2/p-1. The summed E-state index contributed by atoms with van der Waals surface area (Å²) >= 11 is 3.62. The Morgan fingerprint density at radius 1 is 1.42 bits per heavy atom. The van der Waals surface area contributed by atoms with Crippen LogP contribution in [0.25, 0.3) is 0 Å². The summed E-state index contributed by atoms with van der Waals surface area (Å²) in [5.74, 6) is 1.76. The first-order chi connectivity index (χ1) is 5.84. The molecular formula is C10H19IZn. The summed E-state index contributed by atoms with van der Waals surface area (Å²) in [6.45, 7) is 6.44. The van der Waals surface area contributed by atoms with E-state index in [1.165, 1.54) is 53.3 Å². The molecule has 12 heavy (non-hydrogen) atoms. The van der Waals surface area contributed by atoms with Crippen LogP contribution >= 0.6 is 19.8 Å². The molecule has 0 heterocycles. The second-order valence-electron chi connectivity index (χ2n) is 3.59. The van der Waals surface area contributed by atoms with Gasteiger partial charge in [0.05, 0.1) is 0 Å². The Balaban J connectivity index is 0.000000561. The van der Waals surface area contributed by atoms with Crippen molar-refractivity contribution in [2.75, 3.05) is 0 Å². The quantitative estimate of drug-likeness (QED) is 0.411. The third kappa shape index (κ3) is 5.16. The Hall–Kier alpha value is 1.35. The molecule has 0 saturated heterocycles. The van der Waals surface area contributed by atoms with Crippen molar-refractivity contribution in [1.29, 1.82) is 0 Å². The average Bonchev–Trinajstić information content (AvgIpc) is 2.51. The van der Waals surface area contributed by atoms with Crippen LogP contribution < -0.4 is 0 Å². The van der Waals surface area contributed by atoms with Crippen molar-refractivity contribution in [2.24, 2.45) is 11.8 Å². The van der Waals surface area contributed by atoms with Gasteiger partial charge in [-0.1, -0.05) is 51.4 Å². The summed E-state index contributed by atoms with van der Waals surface area (Å²) in [5.41, 5.74) is 0. The first-order valence-electron chi connectivity index (χ1n) is 4.94. The SMILES string of the molecule is [CH2-]C1CCCC1CCCC.[Zn+][I]. The fourth-order valence-electron chi connectivity index (χ4n) is 1.96. The first kappa shape index (κ1) is 13.4. The van der Waals surface area contributed by atoms with Crippen molar-refractivity contribution in [3.8, 4) is 0 Å². The normalized spacial score (nSPS) is 28.1. The first-order valence-corrected chi connectivity index (χ1v) is 14.0. The van der Waals surface area contributed by atoms with E-state index in [-0.39, 0.29) is 0 Å². The molecule has 1 rings (SSSR count). The van der Waals surface area contributed by atoms with E-state index in [2.05, 4.69) is 33.6 Å². The predicted molar refractivity (Wildman–Crippen MR) is 59.7 cm³/mol. The van der Waals surface area contributed by atoms with Crippen molar-refractivity contribution < 1.29 is 14.8 Å². The molecule has 0 aliphatic heterocycles. The van der Waals surface area contributed by atoms with Gasteiger partial charge in [-0.05, 0) is 0 Å².